The Balaban J connectivity index is 0.00000182. The first-order valence-corrected chi connectivity index (χ1v) is 8.09. The molecular formula is C23H20InN. The zero-order valence-corrected chi connectivity index (χ0v) is 13.3. The fraction of sp³-hybridized carbons (Fsp3) is 0. The molecule has 0 atom stereocenters. The van der Waals surface area contributed by atoms with Gasteiger partial charge in [0.25, 0.3) is 0 Å². The number of nitrogens with zero attached hydrogens (tertiary/aromatic N) is 1. The number of aromatic nitrogens is 1. The fourth-order valence-corrected chi connectivity index (χ4v) is 3.03. The van der Waals surface area contributed by atoms with Gasteiger partial charge < -0.3 is 0 Å². The van der Waals surface area contributed by atoms with E-state index in [0.717, 1.165) is 11.3 Å². The van der Waals surface area contributed by atoms with Crippen molar-refractivity contribution in [1.29, 1.82) is 0 Å². The van der Waals surface area contributed by atoms with Crippen molar-refractivity contribution in [3.8, 4) is 33.5 Å². The molecule has 0 amide bonds. The number of rotatable bonds is 3. The van der Waals surface area contributed by atoms with Crippen LogP contribution in [0.15, 0.2) is 103 Å². The smallest absolute Gasteiger partial charge is 0.0786 e. The van der Waals surface area contributed by atoms with E-state index in [9.17, 15) is 0 Å². The SMILES string of the molecule is [InH3].c1ccc(-c2ccnc(-c3ccccc3)c2-c2ccccc2)cc1. The second kappa shape index (κ2) is 8.17. The molecule has 0 radical (unpaired) electrons. The molecule has 1 nitrogen and oxygen atoms in total. The van der Waals surface area contributed by atoms with Crippen LogP contribution in [0.3, 0.4) is 0 Å². The van der Waals surface area contributed by atoms with Gasteiger partial charge in [0, 0.05) is 17.3 Å². The van der Waals surface area contributed by atoms with Gasteiger partial charge in [0.15, 0.2) is 0 Å². The molecule has 0 aliphatic rings. The van der Waals surface area contributed by atoms with Crippen LogP contribution in [-0.4, -0.2) is 30.8 Å². The third-order valence-electron chi connectivity index (χ3n) is 4.15. The van der Waals surface area contributed by atoms with Crippen LogP contribution >= 0.6 is 0 Å². The Hall–Kier alpha value is -2.32. The van der Waals surface area contributed by atoms with Gasteiger partial charge in [-0.25, -0.2) is 0 Å². The summed E-state index contributed by atoms with van der Waals surface area (Å²) >= 11 is 0. The van der Waals surface area contributed by atoms with Gasteiger partial charge in [-0.1, -0.05) is 91.0 Å². The second-order valence-electron chi connectivity index (χ2n) is 5.68. The van der Waals surface area contributed by atoms with Crippen molar-refractivity contribution in [2.75, 3.05) is 0 Å². The second-order valence-corrected chi connectivity index (χ2v) is 5.68. The van der Waals surface area contributed by atoms with Gasteiger partial charge in [-0.3, -0.25) is 4.98 Å². The molecule has 0 spiro atoms. The van der Waals surface area contributed by atoms with Crippen molar-refractivity contribution in [3.63, 3.8) is 0 Å². The number of hydrogen-bond donors (Lipinski definition) is 0. The van der Waals surface area contributed by atoms with E-state index in [-0.39, 0.29) is 25.8 Å². The third-order valence-corrected chi connectivity index (χ3v) is 4.15. The zero-order chi connectivity index (χ0) is 16.2. The van der Waals surface area contributed by atoms with Crippen LogP contribution < -0.4 is 0 Å². The Morgan fingerprint density at radius 3 is 1.52 bits per heavy atom. The summed E-state index contributed by atoms with van der Waals surface area (Å²) in [5.74, 6) is 0. The van der Waals surface area contributed by atoms with Crippen LogP contribution in [0.1, 0.15) is 0 Å². The molecule has 3 aromatic carbocycles. The topological polar surface area (TPSA) is 12.9 Å². The molecule has 0 fully saturated rings. The number of pyridine rings is 1. The van der Waals surface area contributed by atoms with E-state index in [2.05, 4.69) is 78.9 Å². The van der Waals surface area contributed by atoms with E-state index in [1.807, 2.05) is 24.4 Å². The molecule has 4 aromatic rings. The van der Waals surface area contributed by atoms with Gasteiger partial charge in [-0.15, -0.1) is 0 Å². The Labute approximate surface area is 167 Å². The molecule has 120 valence electrons. The van der Waals surface area contributed by atoms with Gasteiger partial charge in [0.1, 0.15) is 0 Å². The van der Waals surface area contributed by atoms with Crippen molar-refractivity contribution in [2.24, 2.45) is 0 Å². The zero-order valence-electron chi connectivity index (χ0n) is 13.3. The molecular weight excluding hydrogens is 405 g/mol. The van der Waals surface area contributed by atoms with Crippen molar-refractivity contribution in [2.45, 2.75) is 0 Å². The van der Waals surface area contributed by atoms with E-state index in [4.69, 9.17) is 4.98 Å². The summed E-state index contributed by atoms with van der Waals surface area (Å²) in [5, 5.41) is 0. The Kier molecular flexibility index (Phi) is 5.72. The minimum Gasteiger partial charge on any atom is -0.256 e. The van der Waals surface area contributed by atoms with E-state index in [1.165, 1.54) is 22.3 Å². The van der Waals surface area contributed by atoms with Crippen molar-refractivity contribution < 1.29 is 0 Å². The van der Waals surface area contributed by atoms with E-state index >= 15 is 0 Å². The first kappa shape index (κ1) is 17.5. The largest absolute Gasteiger partial charge is 0.256 e. The molecule has 1 heterocycles. The minimum absolute atomic E-state index is 0. The molecule has 1 aromatic heterocycles. The van der Waals surface area contributed by atoms with Crippen LogP contribution in [0.25, 0.3) is 33.5 Å². The monoisotopic (exact) mass is 425 g/mol. The molecule has 0 aliphatic heterocycles. The normalized spacial score (nSPS) is 10.1. The van der Waals surface area contributed by atoms with Crippen LogP contribution in [-0.2, 0) is 0 Å². The van der Waals surface area contributed by atoms with E-state index in [0.29, 0.717) is 0 Å². The van der Waals surface area contributed by atoms with E-state index in [1.54, 1.807) is 0 Å². The van der Waals surface area contributed by atoms with Gasteiger partial charge >= 0.3 is 25.8 Å². The fourth-order valence-electron chi connectivity index (χ4n) is 3.03. The van der Waals surface area contributed by atoms with Crippen molar-refractivity contribution >= 4 is 25.8 Å². The predicted octanol–water partition coefficient (Wildman–Crippen LogP) is 4.90. The van der Waals surface area contributed by atoms with Gasteiger partial charge in [-0.05, 0) is 22.8 Å². The van der Waals surface area contributed by atoms with E-state index < -0.39 is 0 Å². The van der Waals surface area contributed by atoms with Crippen LogP contribution in [0.2, 0.25) is 0 Å². The minimum atomic E-state index is 0. The summed E-state index contributed by atoms with van der Waals surface area (Å²) in [5.41, 5.74) is 6.92. The van der Waals surface area contributed by atoms with Crippen LogP contribution in [0, 0.1) is 0 Å². The standard InChI is InChI=1S/C23H17N.In.3H/c1-4-10-18(11-5-1)21-16-17-24-23(20-14-8-3-9-15-20)22(21)19-12-6-2-7-13-19;;;;/h1-17H;;;;. The Bertz CT molecular complexity index is 878. The molecule has 4 rings (SSSR count). The summed E-state index contributed by atoms with van der Waals surface area (Å²) in [6.07, 6.45) is 1.90. The molecule has 0 saturated heterocycles. The molecule has 0 aliphatic carbocycles. The van der Waals surface area contributed by atoms with Crippen LogP contribution in [0.4, 0.5) is 0 Å². The average Bonchev–Trinajstić information content (AvgIpc) is 2.69. The summed E-state index contributed by atoms with van der Waals surface area (Å²) in [6.45, 7) is 0. The molecule has 0 N–H and O–H groups in total. The predicted molar refractivity (Wildman–Crippen MR) is 110 cm³/mol. The van der Waals surface area contributed by atoms with Gasteiger partial charge in [0.05, 0.1) is 5.69 Å². The summed E-state index contributed by atoms with van der Waals surface area (Å²) in [6, 6.07) is 33.5. The molecule has 2 heteroatoms. The molecule has 25 heavy (non-hydrogen) atoms. The summed E-state index contributed by atoms with van der Waals surface area (Å²) < 4.78 is 0. The number of benzene rings is 3. The van der Waals surface area contributed by atoms with Crippen molar-refractivity contribution in [1.82, 2.24) is 4.98 Å². The maximum absolute atomic E-state index is 4.71. The van der Waals surface area contributed by atoms with Gasteiger partial charge in [-0.2, -0.15) is 0 Å². The first-order chi connectivity index (χ1) is 11.9. The molecule has 0 unspecified atom stereocenters. The summed E-state index contributed by atoms with van der Waals surface area (Å²) in [4.78, 5) is 4.71. The Morgan fingerprint density at radius 2 is 0.960 bits per heavy atom. The molecule has 0 bridgehead atoms. The van der Waals surface area contributed by atoms with Crippen molar-refractivity contribution in [3.05, 3.63) is 103 Å². The quantitative estimate of drug-likeness (QED) is 0.455. The average molecular weight is 425 g/mol. The Morgan fingerprint density at radius 1 is 0.480 bits per heavy atom. The maximum Gasteiger partial charge on any atom is 0.0786 e. The summed E-state index contributed by atoms with van der Waals surface area (Å²) in [7, 11) is 0. The van der Waals surface area contributed by atoms with Crippen LogP contribution in [0.5, 0.6) is 0 Å². The molecule has 0 saturated carbocycles. The van der Waals surface area contributed by atoms with Gasteiger partial charge in [0.2, 0.25) is 0 Å². The first-order valence-electron chi connectivity index (χ1n) is 8.09. The third kappa shape index (κ3) is 3.69. The maximum atomic E-state index is 4.71. The number of hydrogen-bond acceptors (Lipinski definition) is 1.